The third kappa shape index (κ3) is 3.04. The van der Waals surface area contributed by atoms with Gasteiger partial charge < -0.3 is 9.47 Å². The summed E-state index contributed by atoms with van der Waals surface area (Å²) in [5.74, 6) is 0. The maximum Gasteiger partial charge on any atom is 0.0917 e. The SMILES string of the molecule is c1cc([C@H]2CCCO2)sc1CN1CCOC2(CCCC2)C1. The molecule has 1 aromatic rings. The highest BCUT2D eigenvalue weighted by Gasteiger charge is 2.39. The van der Waals surface area contributed by atoms with Crippen molar-refractivity contribution >= 4 is 11.3 Å². The van der Waals surface area contributed by atoms with E-state index in [1.807, 2.05) is 11.3 Å². The Kier molecular flexibility index (Phi) is 4.05. The topological polar surface area (TPSA) is 21.7 Å². The van der Waals surface area contributed by atoms with Crippen LogP contribution in [0.15, 0.2) is 12.1 Å². The van der Waals surface area contributed by atoms with Crippen LogP contribution in [0.4, 0.5) is 0 Å². The third-order valence-corrected chi connectivity index (χ3v) is 6.31. The van der Waals surface area contributed by atoms with Crippen LogP contribution in [0, 0.1) is 0 Å². The smallest absolute Gasteiger partial charge is 0.0917 e. The van der Waals surface area contributed by atoms with Crippen molar-refractivity contribution in [1.82, 2.24) is 4.90 Å². The fourth-order valence-electron chi connectivity index (χ4n) is 4.06. The summed E-state index contributed by atoms with van der Waals surface area (Å²) in [5.41, 5.74) is 0.187. The Morgan fingerprint density at radius 1 is 1.19 bits per heavy atom. The number of rotatable bonds is 3. The molecule has 1 spiro atoms. The van der Waals surface area contributed by atoms with Crippen molar-refractivity contribution in [2.24, 2.45) is 0 Å². The lowest BCUT2D eigenvalue weighted by Crippen LogP contribution is -2.49. The Morgan fingerprint density at radius 2 is 2.10 bits per heavy atom. The van der Waals surface area contributed by atoms with Crippen molar-refractivity contribution in [2.45, 2.75) is 56.8 Å². The lowest BCUT2D eigenvalue weighted by molar-refractivity contribution is -0.106. The molecule has 3 fully saturated rings. The molecule has 0 amide bonds. The molecule has 3 nitrogen and oxygen atoms in total. The number of nitrogens with zero attached hydrogens (tertiary/aromatic N) is 1. The van der Waals surface area contributed by atoms with Gasteiger partial charge >= 0.3 is 0 Å². The highest BCUT2D eigenvalue weighted by atomic mass is 32.1. The lowest BCUT2D eigenvalue weighted by Gasteiger charge is -2.40. The standard InChI is InChI=1S/C17H25NO2S/c1-2-8-17(7-1)13-18(9-11-20-17)12-14-5-6-16(21-14)15-4-3-10-19-15/h5-6,15H,1-4,7-13H2/t15-/m1/s1. The predicted octanol–water partition coefficient (Wildman–Crippen LogP) is 3.74. The first-order valence-electron chi connectivity index (χ1n) is 8.40. The van der Waals surface area contributed by atoms with Crippen LogP contribution in [0.5, 0.6) is 0 Å². The molecule has 4 heteroatoms. The van der Waals surface area contributed by atoms with Crippen molar-refractivity contribution in [3.8, 4) is 0 Å². The summed E-state index contributed by atoms with van der Waals surface area (Å²) in [6, 6.07) is 4.58. The highest BCUT2D eigenvalue weighted by molar-refractivity contribution is 7.12. The molecule has 0 unspecified atom stereocenters. The first-order chi connectivity index (χ1) is 10.3. The molecule has 21 heavy (non-hydrogen) atoms. The molecule has 0 radical (unpaired) electrons. The first-order valence-corrected chi connectivity index (χ1v) is 9.21. The molecule has 1 aliphatic carbocycles. The number of thiophene rings is 1. The van der Waals surface area contributed by atoms with Crippen molar-refractivity contribution in [3.63, 3.8) is 0 Å². The van der Waals surface area contributed by atoms with Gasteiger partial charge in [0.05, 0.1) is 18.3 Å². The van der Waals surface area contributed by atoms with Crippen LogP contribution in [0.1, 0.15) is 54.4 Å². The van der Waals surface area contributed by atoms with Gasteiger partial charge in [0, 0.05) is 36.0 Å². The van der Waals surface area contributed by atoms with Gasteiger partial charge in [-0.25, -0.2) is 0 Å². The van der Waals surface area contributed by atoms with Gasteiger partial charge in [0.15, 0.2) is 0 Å². The molecule has 1 saturated carbocycles. The molecule has 1 atom stereocenters. The molecule has 2 saturated heterocycles. The van der Waals surface area contributed by atoms with Crippen molar-refractivity contribution in [1.29, 1.82) is 0 Å². The Morgan fingerprint density at radius 3 is 2.90 bits per heavy atom. The van der Waals surface area contributed by atoms with Gasteiger partial charge in [0.1, 0.15) is 0 Å². The molecular formula is C17H25NO2S. The summed E-state index contributed by atoms with van der Waals surface area (Å²) >= 11 is 1.95. The van der Waals surface area contributed by atoms with Crippen LogP contribution in [0.25, 0.3) is 0 Å². The van der Waals surface area contributed by atoms with Gasteiger partial charge in [-0.3, -0.25) is 4.90 Å². The molecular weight excluding hydrogens is 282 g/mol. The Bertz CT molecular complexity index is 475. The molecule has 0 N–H and O–H groups in total. The van der Waals surface area contributed by atoms with Gasteiger partial charge in [-0.15, -0.1) is 11.3 Å². The summed E-state index contributed by atoms with van der Waals surface area (Å²) in [4.78, 5) is 5.50. The van der Waals surface area contributed by atoms with Crippen LogP contribution < -0.4 is 0 Å². The van der Waals surface area contributed by atoms with E-state index in [0.717, 1.165) is 32.8 Å². The minimum Gasteiger partial charge on any atom is -0.373 e. The monoisotopic (exact) mass is 307 g/mol. The number of morpholine rings is 1. The lowest BCUT2D eigenvalue weighted by atomic mass is 10.00. The van der Waals surface area contributed by atoms with Gasteiger partial charge in [-0.05, 0) is 37.8 Å². The number of ether oxygens (including phenoxy) is 2. The van der Waals surface area contributed by atoms with Crippen LogP contribution in [-0.2, 0) is 16.0 Å². The van der Waals surface area contributed by atoms with E-state index in [1.54, 1.807) is 0 Å². The maximum absolute atomic E-state index is 6.12. The van der Waals surface area contributed by atoms with E-state index >= 15 is 0 Å². The molecule has 0 bridgehead atoms. The normalized spacial score (nSPS) is 29.4. The average molecular weight is 307 g/mol. The van der Waals surface area contributed by atoms with Crippen molar-refractivity contribution < 1.29 is 9.47 Å². The van der Waals surface area contributed by atoms with Crippen LogP contribution in [0.2, 0.25) is 0 Å². The van der Waals surface area contributed by atoms with E-state index in [-0.39, 0.29) is 5.60 Å². The van der Waals surface area contributed by atoms with E-state index in [9.17, 15) is 0 Å². The molecule has 4 rings (SSSR count). The number of hydrogen-bond acceptors (Lipinski definition) is 4. The van der Waals surface area contributed by atoms with Gasteiger partial charge in [-0.2, -0.15) is 0 Å². The predicted molar refractivity (Wildman–Crippen MR) is 84.7 cm³/mol. The molecule has 3 heterocycles. The van der Waals surface area contributed by atoms with Crippen LogP contribution in [-0.4, -0.2) is 36.8 Å². The summed E-state index contributed by atoms with van der Waals surface area (Å²) < 4.78 is 11.9. The maximum atomic E-state index is 6.12. The van der Waals surface area contributed by atoms with E-state index in [0.29, 0.717) is 6.10 Å². The summed E-state index contributed by atoms with van der Waals surface area (Å²) in [5, 5.41) is 0. The Labute approximate surface area is 131 Å². The fourth-order valence-corrected chi connectivity index (χ4v) is 5.19. The minimum atomic E-state index is 0.187. The molecule has 116 valence electrons. The Hall–Kier alpha value is -0.420. The largest absolute Gasteiger partial charge is 0.373 e. The summed E-state index contributed by atoms with van der Waals surface area (Å²) in [7, 11) is 0. The van der Waals surface area contributed by atoms with Gasteiger partial charge in [0.25, 0.3) is 0 Å². The zero-order chi connectivity index (χ0) is 14.1. The second kappa shape index (κ2) is 5.99. The molecule has 3 aliphatic rings. The second-order valence-electron chi connectivity index (χ2n) is 6.75. The van der Waals surface area contributed by atoms with E-state index in [4.69, 9.17) is 9.47 Å². The van der Waals surface area contributed by atoms with Crippen molar-refractivity contribution in [2.75, 3.05) is 26.3 Å². The van der Waals surface area contributed by atoms with E-state index in [1.165, 1.54) is 48.3 Å². The third-order valence-electron chi connectivity index (χ3n) is 5.15. The first kappa shape index (κ1) is 14.2. The van der Waals surface area contributed by atoms with Crippen LogP contribution in [0.3, 0.4) is 0 Å². The van der Waals surface area contributed by atoms with Gasteiger partial charge in [0.2, 0.25) is 0 Å². The summed E-state index contributed by atoms with van der Waals surface area (Å²) in [6.07, 6.45) is 7.98. The Balaban J connectivity index is 1.39. The minimum absolute atomic E-state index is 0.187. The second-order valence-corrected chi connectivity index (χ2v) is 7.95. The van der Waals surface area contributed by atoms with Crippen LogP contribution >= 0.6 is 11.3 Å². The quantitative estimate of drug-likeness (QED) is 0.849. The summed E-state index contributed by atoms with van der Waals surface area (Å²) in [6.45, 7) is 5.13. The fraction of sp³-hybridized carbons (Fsp3) is 0.765. The zero-order valence-electron chi connectivity index (χ0n) is 12.7. The average Bonchev–Trinajstić information content (AvgIpc) is 3.20. The zero-order valence-corrected chi connectivity index (χ0v) is 13.5. The van der Waals surface area contributed by atoms with Crippen molar-refractivity contribution in [3.05, 3.63) is 21.9 Å². The van der Waals surface area contributed by atoms with E-state index in [2.05, 4.69) is 17.0 Å². The van der Waals surface area contributed by atoms with Gasteiger partial charge in [-0.1, -0.05) is 12.8 Å². The molecule has 2 aliphatic heterocycles. The molecule has 0 aromatic carbocycles. The van der Waals surface area contributed by atoms with E-state index < -0.39 is 0 Å². The molecule has 1 aromatic heterocycles. The number of hydrogen-bond donors (Lipinski definition) is 0. The highest BCUT2D eigenvalue weighted by Crippen LogP contribution is 2.37.